The van der Waals surface area contributed by atoms with Crippen LogP contribution in [-0.2, 0) is 6.54 Å². The van der Waals surface area contributed by atoms with Crippen molar-refractivity contribution in [2.75, 3.05) is 0 Å². The van der Waals surface area contributed by atoms with Gasteiger partial charge in [0.15, 0.2) is 0 Å². The van der Waals surface area contributed by atoms with Gasteiger partial charge < -0.3 is 5.32 Å². The fourth-order valence-corrected chi connectivity index (χ4v) is 2.09. The molecule has 1 N–H and O–H groups in total. The molecular formula is C14H16N2. The van der Waals surface area contributed by atoms with Crippen LogP contribution in [0.3, 0.4) is 0 Å². The summed E-state index contributed by atoms with van der Waals surface area (Å²) in [6.45, 7) is 3.27. The molecule has 0 saturated heterocycles. The number of pyridine rings is 1. The predicted molar refractivity (Wildman–Crippen MR) is 66.2 cm³/mol. The predicted octanol–water partition coefficient (Wildman–Crippen LogP) is 2.73. The maximum Gasteiger partial charge on any atom is 0.0702 e. The van der Waals surface area contributed by atoms with E-state index in [9.17, 15) is 0 Å². The highest BCUT2D eigenvalue weighted by Crippen LogP contribution is 2.29. The number of fused-ring (bicyclic) bond motifs is 1. The molecule has 1 aromatic heterocycles. The molecule has 1 aliphatic carbocycles. The Morgan fingerprint density at radius 2 is 2.25 bits per heavy atom. The van der Waals surface area contributed by atoms with Crippen molar-refractivity contribution in [3.05, 3.63) is 42.1 Å². The molecule has 1 aromatic carbocycles. The molecular weight excluding hydrogens is 196 g/mol. The first-order valence-electron chi connectivity index (χ1n) is 5.90. The lowest BCUT2D eigenvalue weighted by Gasteiger charge is -2.04. The van der Waals surface area contributed by atoms with E-state index in [1.807, 2.05) is 12.3 Å². The lowest BCUT2D eigenvalue weighted by atomic mass is 10.1. The van der Waals surface area contributed by atoms with E-state index in [4.69, 9.17) is 0 Å². The minimum atomic E-state index is 0.740. The molecule has 16 heavy (non-hydrogen) atoms. The number of nitrogens with one attached hydrogen (secondary N) is 1. The minimum Gasteiger partial charge on any atom is -0.310 e. The van der Waals surface area contributed by atoms with E-state index in [1.54, 1.807) is 0 Å². The van der Waals surface area contributed by atoms with Crippen LogP contribution in [0, 0.1) is 5.92 Å². The van der Waals surface area contributed by atoms with Crippen LogP contribution in [0.5, 0.6) is 0 Å². The first kappa shape index (κ1) is 9.79. The van der Waals surface area contributed by atoms with E-state index < -0.39 is 0 Å². The fraction of sp³-hybridized carbons (Fsp3) is 0.357. The number of hydrogen-bond donors (Lipinski definition) is 1. The second-order valence-corrected chi connectivity index (χ2v) is 4.73. The molecule has 1 fully saturated rings. The van der Waals surface area contributed by atoms with Crippen LogP contribution in [0.25, 0.3) is 10.9 Å². The summed E-state index contributed by atoms with van der Waals surface area (Å²) in [5, 5.41) is 4.79. The van der Waals surface area contributed by atoms with Gasteiger partial charge in [-0.25, -0.2) is 0 Å². The zero-order valence-corrected chi connectivity index (χ0v) is 9.48. The molecule has 2 heteroatoms. The van der Waals surface area contributed by atoms with Crippen molar-refractivity contribution in [3.63, 3.8) is 0 Å². The third kappa shape index (κ3) is 1.93. The lowest BCUT2D eigenvalue weighted by Crippen LogP contribution is -2.16. The van der Waals surface area contributed by atoms with Crippen molar-refractivity contribution in [2.24, 2.45) is 5.92 Å². The molecule has 2 unspecified atom stereocenters. The quantitative estimate of drug-likeness (QED) is 0.846. The number of nitrogens with zero attached hydrogens (tertiary/aromatic N) is 1. The van der Waals surface area contributed by atoms with Crippen molar-refractivity contribution in [1.29, 1.82) is 0 Å². The highest BCUT2D eigenvalue weighted by atomic mass is 15.0. The average molecular weight is 212 g/mol. The summed E-state index contributed by atoms with van der Waals surface area (Å²) in [5.74, 6) is 0.863. The van der Waals surface area contributed by atoms with Gasteiger partial charge >= 0.3 is 0 Å². The molecule has 2 atom stereocenters. The molecule has 1 aliphatic rings. The maximum absolute atomic E-state index is 4.32. The molecule has 2 nitrogen and oxygen atoms in total. The SMILES string of the molecule is CC1CC1NCc1ccc2ncccc2c1. The standard InChI is InChI=1S/C14H16N2/c1-10-7-14(10)16-9-11-4-5-13-12(8-11)3-2-6-15-13/h2-6,8,10,14,16H,7,9H2,1H3. The zero-order chi connectivity index (χ0) is 11.0. The number of aromatic nitrogens is 1. The van der Waals surface area contributed by atoms with Crippen molar-refractivity contribution in [2.45, 2.75) is 25.9 Å². The van der Waals surface area contributed by atoms with Crippen LogP contribution in [-0.4, -0.2) is 11.0 Å². The van der Waals surface area contributed by atoms with Gasteiger partial charge in [-0.15, -0.1) is 0 Å². The topological polar surface area (TPSA) is 24.9 Å². The van der Waals surface area contributed by atoms with Gasteiger partial charge in [0.2, 0.25) is 0 Å². The third-order valence-electron chi connectivity index (χ3n) is 3.35. The van der Waals surface area contributed by atoms with Crippen molar-refractivity contribution >= 4 is 10.9 Å². The Labute approximate surface area is 95.7 Å². The van der Waals surface area contributed by atoms with Crippen LogP contribution in [0.4, 0.5) is 0 Å². The molecule has 0 amide bonds. The van der Waals surface area contributed by atoms with Gasteiger partial charge in [-0.05, 0) is 36.1 Å². The normalized spacial score (nSPS) is 23.6. The molecule has 2 aromatic rings. The molecule has 82 valence electrons. The van der Waals surface area contributed by atoms with Gasteiger partial charge in [0.25, 0.3) is 0 Å². The third-order valence-corrected chi connectivity index (χ3v) is 3.35. The molecule has 0 spiro atoms. The monoisotopic (exact) mass is 212 g/mol. The Kier molecular flexibility index (Phi) is 2.37. The van der Waals surface area contributed by atoms with E-state index >= 15 is 0 Å². The zero-order valence-electron chi connectivity index (χ0n) is 9.48. The van der Waals surface area contributed by atoms with Gasteiger partial charge in [-0.1, -0.05) is 19.1 Å². The summed E-state index contributed by atoms with van der Waals surface area (Å²) in [7, 11) is 0. The molecule has 0 aliphatic heterocycles. The number of benzene rings is 1. The van der Waals surface area contributed by atoms with E-state index in [2.05, 4.69) is 41.5 Å². The summed E-state index contributed by atoms with van der Waals surface area (Å²) >= 11 is 0. The van der Waals surface area contributed by atoms with Gasteiger partial charge in [0.05, 0.1) is 5.52 Å². The highest BCUT2D eigenvalue weighted by molar-refractivity contribution is 5.78. The highest BCUT2D eigenvalue weighted by Gasteiger charge is 2.31. The van der Waals surface area contributed by atoms with Gasteiger partial charge in [-0.2, -0.15) is 0 Å². The molecule has 3 rings (SSSR count). The number of rotatable bonds is 3. The summed E-state index contributed by atoms with van der Waals surface area (Å²) in [4.78, 5) is 4.32. The fourth-order valence-electron chi connectivity index (χ4n) is 2.09. The molecule has 0 bridgehead atoms. The first-order chi connectivity index (χ1) is 7.83. The molecule has 0 radical (unpaired) electrons. The Morgan fingerprint density at radius 3 is 3.06 bits per heavy atom. The van der Waals surface area contributed by atoms with E-state index in [-0.39, 0.29) is 0 Å². The Balaban J connectivity index is 1.77. The minimum absolute atomic E-state index is 0.740. The summed E-state index contributed by atoms with van der Waals surface area (Å²) < 4.78 is 0. The van der Waals surface area contributed by atoms with Crippen molar-refractivity contribution in [1.82, 2.24) is 10.3 Å². The van der Waals surface area contributed by atoms with Crippen LogP contribution in [0.2, 0.25) is 0 Å². The smallest absolute Gasteiger partial charge is 0.0702 e. The van der Waals surface area contributed by atoms with Gasteiger partial charge in [-0.3, -0.25) is 4.98 Å². The Morgan fingerprint density at radius 1 is 1.38 bits per heavy atom. The maximum atomic E-state index is 4.32. The van der Waals surface area contributed by atoms with Crippen LogP contribution < -0.4 is 5.32 Å². The second-order valence-electron chi connectivity index (χ2n) is 4.73. The lowest BCUT2D eigenvalue weighted by molar-refractivity contribution is 0.653. The van der Waals surface area contributed by atoms with Crippen LogP contribution in [0.1, 0.15) is 18.9 Å². The van der Waals surface area contributed by atoms with Crippen molar-refractivity contribution < 1.29 is 0 Å². The first-order valence-corrected chi connectivity index (χ1v) is 5.90. The van der Waals surface area contributed by atoms with Gasteiger partial charge in [0, 0.05) is 24.2 Å². The van der Waals surface area contributed by atoms with Gasteiger partial charge in [0.1, 0.15) is 0 Å². The van der Waals surface area contributed by atoms with E-state index in [0.29, 0.717) is 0 Å². The largest absolute Gasteiger partial charge is 0.310 e. The number of hydrogen-bond acceptors (Lipinski definition) is 2. The van der Waals surface area contributed by atoms with Crippen LogP contribution >= 0.6 is 0 Å². The van der Waals surface area contributed by atoms with Crippen LogP contribution in [0.15, 0.2) is 36.5 Å². The average Bonchev–Trinajstić information content (AvgIpc) is 3.03. The van der Waals surface area contributed by atoms with E-state index in [0.717, 1.165) is 24.0 Å². The molecule has 1 heterocycles. The van der Waals surface area contributed by atoms with Crippen molar-refractivity contribution in [3.8, 4) is 0 Å². The second kappa shape index (κ2) is 3.87. The Bertz CT molecular complexity index is 507. The summed E-state index contributed by atoms with van der Waals surface area (Å²) in [6.07, 6.45) is 3.17. The Hall–Kier alpha value is -1.41. The summed E-state index contributed by atoms with van der Waals surface area (Å²) in [5.41, 5.74) is 2.42. The van der Waals surface area contributed by atoms with E-state index in [1.165, 1.54) is 17.4 Å². The summed E-state index contributed by atoms with van der Waals surface area (Å²) in [6, 6.07) is 11.3. The molecule has 1 saturated carbocycles.